The molecule has 78 valence electrons. The minimum atomic E-state index is 0.755. The van der Waals surface area contributed by atoms with Crippen LogP contribution in [0.3, 0.4) is 0 Å². The van der Waals surface area contributed by atoms with E-state index >= 15 is 0 Å². The summed E-state index contributed by atoms with van der Waals surface area (Å²) in [5.41, 5.74) is 3.02. The molecule has 1 N–H and O–H groups in total. The highest BCUT2D eigenvalue weighted by molar-refractivity contribution is 5.54. The Morgan fingerprint density at radius 2 is 2.00 bits per heavy atom. The van der Waals surface area contributed by atoms with E-state index in [1.54, 1.807) is 5.57 Å². The van der Waals surface area contributed by atoms with Crippen molar-refractivity contribution >= 4 is 6.08 Å². The second-order valence-electron chi connectivity index (χ2n) is 4.71. The zero-order chi connectivity index (χ0) is 10.1. The van der Waals surface area contributed by atoms with Crippen molar-refractivity contribution in [1.29, 1.82) is 0 Å². The fourth-order valence-electron chi connectivity index (χ4n) is 2.80. The van der Waals surface area contributed by atoms with Gasteiger partial charge in [0.05, 0.1) is 0 Å². The maximum absolute atomic E-state index is 3.59. The lowest BCUT2D eigenvalue weighted by Crippen LogP contribution is -2.45. The summed E-state index contributed by atoms with van der Waals surface area (Å²) in [6, 6.07) is 11.5. The average molecular weight is 199 g/mol. The van der Waals surface area contributed by atoms with E-state index in [0.717, 1.165) is 12.0 Å². The highest BCUT2D eigenvalue weighted by Gasteiger charge is 2.30. The molecule has 1 aromatic carbocycles. The van der Waals surface area contributed by atoms with Crippen molar-refractivity contribution < 1.29 is 0 Å². The molecular weight excluding hydrogens is 182 g/mol. The first-order valence-corrected chi connectivity index (χ1v) is 5.91. The molecule has 0 amide bonds. The predicted octanol–water partition coefficient (Wildman–Crippen LogP) is 2.84. The third-order valence-corrected chi connectivity index (χ3v) is 3.67. The van der Waals surface area contributed by atoms with E-state index < -0.39 is 0 Å². The van der Waals surface area contributed by atoms with Gasteiger partial charge in [0.25, 0.3) is 0 Å². The van der Waals surface area contributed by atoms with E-state index in [1.165, 1.54) is 31.4 Å². The minimum Gasteiger partial charge on any atom is -0.313 e. The maximum atomic E-state index is 3.59. The molecule has 1 aromatic rings. The Labute approximate surface area is 91.2 Å². The third kappa shape index (κ3) is 1.84. The second kappa shape index (κ2) is 3.82. The van der Waals surface area contributed by atoms with Gasteiger partial charge in [0.2, 0.25) is 0 Å². The summed E-state index contributed by atoms with van der Waals surface area (Å²) in [4.78, 5) is 0. The predicted molar refractivity (Wildman–Crippen MR) is 63.6 cm³/mol. The van der Waals surface area contributed by atoms with Crippen molar-refractivity contribution in [3.05, 3.63) is 41.5 Å². The van der Waals surface area contributed by atoms with Crippen molar-refractivity contribution in [2.24, 2.45) is 5.92 Å². The molecule has 4 rings (SSSR count). The monoisotopic (exact) mass is 199 g/mol. The first-order chi connectivity index (χ1) is 7.42. The van der Waals surface area contributed by atoms with Gasteiger partial charge in [-0.15, -0.1) is 0 Å². The number of fused-ring (bicyclic) bond motifs is 3. The van der Waals surface area contributed by atoms with Crippen LogP contribution in [0.25, 0.3) is 6.08 Å². The maximum Gasteiger partial charge on any atom is 0.0105 e. The molecule has 2 aliphatic heterocycles. The molecule has 2 bridgehead atoms. The van der Waals surface area contributed by atoms with Gasteiger partial charge >= 0.3 is 0 Å². The Bertz CT molecular complexity index is 358. The van der Waals surface area contributed by atoms with Crippen molar-refractivity contribution in [3.63, 3.8) is 0 Å². The van der Waals surface area contributed by atoms with Gasteiger partial charge in [-0.1, -0.05) is 42.0 Å². The van der Waals surface area contributed by atoms with E-state index in [2.05, 4.69) is 41.7 Å². The number of hydrogen-bond acceptors (Lipinski definition) is 1. The summed E-state index contributed by atoms with van der Waals surface area (Å²) < 4.78 is 0. The number of benzene rings is 1. The van der Waals surface area contributed by atoms with Gasteiger partial charge in [-0.25, -0.2) is 0 Å². The Hall–Kier alpha value is -1.08. The molecule has 1 saturated carbocycles. The van der Waals surface area contributed by atoms with Crippen LogP contribution in [-0.4, -0.2) is 12.6 Å². The molecule has 3 aliphatic rings. The largest absolute Gasteiger partial charge is 0.313 e. The Morgan fingerprint density at radius 3 is 2.60 bits per heavy atom. The van der Waals surface area contributed by atoms with Crippen LogP contribution in [0.1, 0.15) is 24.8 Å². The quantitative estimate of drug-likeness (QED) is 0.733. The molecular formula is C14H17N. The Morgan fingerprint density at radius 1 is 1.13 bits per heavy atom. The summed E-state index contributed by atoms with van der Waals surface area (Å²) in [5.74, 6) is 0.801. The van der Waals surface area contributed by atoms with E-state index in [4.69, 9.17) is 0 Å². The molecule has 1 nitrogen and oxygen atoms in total. The molecule has 2 unspecified atom stereocenters. The van der Waals surface area contributed by atoms with E-state index in [-0.39, 0.29) is 0 Å². The van der Waals surface area contributed by atoms with Crippen molar-refractivity contribution in [2.75, 3.05) is 6.54 Å². The first kappa shape index (κ1) is 9.17. The number of piperidine rings is 2. The van der Waals surface area contributed by atoms with Crippen LogP contribution in [-0.2, 0) is 0 Å². The normalized spacial score (nSPS) is 32.1. The van der Waals surface area contributed by atoms with Gasteiger partial charge in [0.1, 0.15) is 0 Å². The van der Waals surface area contributed by atoms with Gasteiger partial charge in [-0.2, -0.15) is 0 Å². The molecule has 0 spiro atoms. The standard InChI is InChI=1S/C14H17N/c1-2-4-11(5-3-1)8-13-9-14-7-6-12(13)10-15-14/h1-5,8,12,14-15H,6-7,9-10H2/b13-8+. The molecule has 2 saturated heterocycles. The van der Waals surface area contributed by atoms with Crippen LogP contribution < -0.4 is 5.32 Å². The molecule has 1 aliphatic carbocycles. The van der Waals surface area contributed by atoms with Crippen molar-refractivity contribution in [3.8, 4) is 0 Å². The molecule has 15 heavy (non-hydrogen) atoms. The zero-order valence-electron chi connectivity index (χ0n) is 8.95. The molecule has 2 heterocycles. The lowest BCUT2D eigenvalue weighted by Gasteiger charge is -2.39. The van der Waals surface area contributed by atoms with Gasteiger partial charge < -0.3 is 5.32 Å². The molecule has 1 heteroatoms. The van der Waals surface area contributed by atoms with Crippen LogP contribution in [0.4, 0.5) is 0 Å². The Kier molecular flexibility index (Phi) is 2.34. The molecule has 0 radical (unpaired) electrons. The molecule has 3 fully saturated rings. The first-order valence-electron chi connectivity index (χ1n) is 5.91. The van der Waals surface area contributed by atoms with Gasteiger partial charge in [-0.3, -0.25) is 0 Å². The van der Waals surface area contributed by atoms with Crippen LogP contribution in [0, 0.1) is 5.92 Å². The topological polar surface area (TPSA) is 12.0 Å². The summed E-state index contributed by atoms with van der Waals surface area (Å²) in [6.45, 7) is 1.20. The fourth-order valence-corrected chi connectivity index (χ4v) is 2.80. The fraction of sp³-hybridized carbons (Fsp3) is 0.429. The van der Waals surface area contributed by atoms with Gasteiger partial charge in [0.15, 0.2) is 0 Å². The third-order valence-electron chi connectivity index (χ3n) is 3.67. The van der Waals surface area contributed by atoms with E-state index in [9.17, 15) is 0 Å². The van der Waals surface area contributed by atoms with Gasteiger partial charge in [0, 0.05) is 12.6 Å². The smallest absolute Gasteiger partial charge is 0.0105 e. The van der Waals surface area contributed by atoms with Crippen LogP contribution in [0.15, 0.2) is 35.9 Å². The average Bonchev–Trinajstić information content (AvgIpc) is 2.32. The Balaban J connectivity index is 1.85. The van der Waals surface area contributed by atoms with E-state index in [1.807, 2.05) is 0 Å². The number of hydrogen-bond donors (Lipinski definition) is 1. The summed E-state index contributed by atoms with van der Waals surface area (Å²) >= 11 is 0. The van der Waals surface area contributed by atoms with Crippen molar-refractivity contribution in [1.82, 2.24) is 5.32 Å². The van der Waals surface area contributed by atoms with E-state index in [0.29, 0.717) is 0 Å². The summed E-state index contributed by atoms with van der Waals surface area (Å²) in [5, 5.41) is 3.59. The van der Waals surface area contributed by atoms with Crippen LogP contribution in [0.5, 0.6) is 0 Å². The molecule has 0 aromatic heterocycles. The van der Waals surface area contributed by atoms with Gasteiger partial charge in [-0.05, 0) is 30.7 Å². The van der Waals surface area contributed by atoms with Crippen LogP contribution in [0.2, 0.25) is 0 Å². The second-order valence-corrected chi connectivity index (χ2v) is 4.71. The van der Waals surface area contributed by atoms with Crippen LogP contribution >= 0.6 is 0 Å². The number of nitrogens with one attached hydrogen (secondary N) is 1. The lowest BCUT2D eigenvalue weighted by molar-refractivity contribution is 0.280. The van der Waals surface area contributed by atoms with Crippen molar-refractivity contribution in [2.45, 2.75) is 25.3 Å². The summed E-state index contributed by atoms with van der Waals surface area (Å²) in [7, 11) is 0. The summed E-state index contributed by atoms with van der Waals surface area (Å²) in [6.07, 6.45) is 6.42. The highest BCUT2D eigenvalue weighted by atomic mass is 14.9. The number of rotatable bonds is 1. The molecule has 2 atom stereocenters. The SMILES string of the molecule is C(=C1/CC2CCC1CN2)/c1ccccc1. The highest BCUT2D eigenvalue weighted by Crippen LogP contribution is 2.34. The minimum absolute atomic E-state index is 0.755. The lowest BCUT2D eigenvalue weighted by atomic mass is 9.77. The zero-order valence-corrected chi connectivity index (χ0v) is 8.95.